The average Bonchev–Trinajstić information content (AvgIpc) is 2.98. The second-order valence-electron chi connectivity index (χ2n) is 6.04. The summed E-state index contributed by atoms with van der Waals surface area (Å²) < 4.78 is 5.14. The van der Waals surface area contributed by atoms with Crippen LogP contribution in [0, 0.1) is 0 Å². The Balaban J connectivity index is 1.68. The van der Waals surface area contributed by atoms with E-state index in [9.17, 15) is 9.59 Å². The maximum absolute atomic E-state index is 12.7. The van der Waals surface area contributed by atoms with Crippen molar-refractivity contribution in [3.8, 4) is 5.75 Å². The van der Waals surface area contributed by atoms with Gasteiger partial charge in [0.15, 0.2) is 5.17 Å². The molecule has 0 spiro atoms. The highest BCUT2D eigenvalue weighted by atomic mass is 35.5. The van der Waals surface area contributed by atoms with Crippen LogP contribution in [0.2, 0.25) is 5.02 Å². The summed E-state index contributed by atoms with van der Waals surface area (Å²) in [7, 11) is 1.60. The summed E-state index contributed by atoms with van der Waals surface area (Å²) in [6, 6.07) is 14.1. The number of thioether (sulfide) groups is 1. The van der Waals surface area contributed by atoms with E-state index in [-0.39, 0.29) is 18.2 Å². The van der Waals surface area contributed by atoms with Crippen LogP contribution < -0.4 is 10.1 Å². The summed E-state index contributed by atoms with van der Waals surface area (Å²) in [6.07, 6.45) is 0.0737. The Morgan fingerprint density at radius 1 is 1.21 bits per heavy atom. The van der Waals surface area contributed by atoms with Gasteiger partial charge in [-0.1, -0.05) is 23.4 Å². The standard InChI is InChI=1S/C20H20ClN3O3S/c1-3-24-19(26)17(12-18(25)22-14-6-4-13(21)5-7-14)28-20(24)23-15-8-10-16(27-2)11-9-15/h4-11,17H,3,12H2,1-2H3,(H,22,25). The average molecular weight is 418 g/mol. The molecule has 0 aliphatic carbocycles. The maximum atomic E-state index is 12.7. The van der Waals surface area contributed by atoms with Gasteiger partial charge in [-0.05, 0) is 55.5 Å². The lowest BCUT2D eigenvalue weighted by Crippen LogP contribution is -2.33. The van der Waals surface area contributed by atoms with E-state index in [2.05, 4.69) is 10.3 Å². The third-order valence-electron chi connectivity index (χ3n) is 4.13. The van der Waals surface area contributed by atoms with Gasteiger partial charge < -0.3 is 10.1 Å². The molecule has 2 aromatic carbocycles. The molecule has 28 heavy (non-hydrogen) atoms. The molecule has 0 aromatic heterocycles. The third kappa shape index (κ3) is 4.85. The Morgan fingerprint density at radius 3 is 2.50 bits per heavy atom. The van der Waals surface area contributed by atoms with Crippen LogP contribution in [0.3, 0.4) is 0 Å². The number of hydrogen-bond donors (Lipinski definition) is 1. The van der Waals surface area contributed by atoms with E-state index in [4.69, 9.17) is 16.3 Å². The number of nitrogens with zero attached hydrogens (tertiary/aromatic N) is 2. The Labute approximate surface area is 172 Å². The molecule has 146 valence electrons. The van der Waals surface area contributed by atoms with Gasteiger partial charge in [-0.25, -0.2) is 4.99 Å². The lowest BCUT2D eigenvalue weighted by Gasteiger charge is -2.13. The van der Waals surface area contributed by atoms with Crippen LogP contribution in [0.5, 0.6) is 5.75 Å². The zero-order chi connectivity index (χ0) is 20.1. The number of methoxy groups -OCH3 is 1. The summed E-state index contributed by atoms with van der Waals surface area (Å²) >= 11 is 7.16. The molecule has 0 saturated carbocycles. The summed E-state index contributed by atoms with van der Waals surface area (Å²) in [4.78, 5) is 31.2. The zero-order valence-corrected chi connectivity index (χ0v) is 17.1. The molecule has 6 nitrogen and oxygen atoms in total. The molecule has 1 aliphatic heterocycles. The summed E-state index contributed by atoms with van der Waals surface area (Å²) in [5.41, 5.74) is 1.37. The molecular formula is C20H20ClN3O3S. The zero-order valence-electron chi connectivity index (χ0n) is 15.5. The van der Waals surface area contributed by atoms with Crippen molar-refractivity contribution in [2.75, 3.05) is 19.0 Å². The molecule has 1 fully saturated rings. The Morgan fingerprint density at radius 2 is 1.89 bits per heavy atom. The first-order valence-corrected chi connectivity index (χ1v) is 10.0. The summed E-state index contributed by atoms with van der Waals surface area (Å²) in [5.74, 6) is 0.407. The van der Waals surface area contributed by atoms with Crippen molar-refractivity contribution in [3.05, 3.63) is 53.6 Å². The first-order chi connectivity index (χ1) is 13.5. The van der Waals surface area contributed by atoms with Crippen molar-refractivity contribution in [2.45, 2.75) is 18.6 Å². The van der Waals surface area contributed by atoms with Crippen LogP contribution in [0.1, 0.15) is 13.3 Å². The molecule has 1 N–H and O–H groups in total. The van der Waals surface area contributed by atoms with Crippen LogP contribution in [-0.2, 0) is 9.59 Å². The van der Waals surface area contributed by atoms with E-state index < -0.39 is 5.25 Å². The van der Waals surface area contributed by atoms with Gasteiger partial charge in [0, 0.05) is 23.7 Å². The van der Waals surface area contributed by atoms with Crippen molar-refractivity contribution >= 4 is 51.7 Å². The molecule has 1 heterocycles. The fourth-order valence-electron chi connectivity index (χ4n) is 2.70. The van der Waals surface area contributed by atoms with Crippen LogP contribution >= 0.6 is 23.4 Å². The number of benzene rings is 2. The predicted octanol–water partition coefficient (Wildman–Crippen LogP) is 4.33. The molecule has 1 saturated heterocycles. The van der Waals surface area contributed by atoms with E-state index in [0.717, 1.165) is 11.4 Å². The van der Waals surface area contributed by atoms with Crippen LogP contribution in [0.25, 0.3) is 0 Å². The highest BCUT2D eigenvalue weighted by Crippen LogP contribution is 2.32. The Hall–Kier alpha value is -2.51. The molecular weight excluding hydrogens is 398 g/mol. The number of halogens is 1. The molecule has 0 bridgehead atoms. The first kappa shape index (κ1) is 20.2. The smallest absolute Gasteiger partial charge is 0.242 e. The van der Waals surface area contributed by atoms with Gasteiger partial charge >= 0.3 is 0 Å². The first-order valence-electron chi connectivity index (χ1n) is 8.76. The van der Waals surface area contributed by atoms with Crippen molar-refractivity contribution in [1.29, 1.82) is 0 Å². The van der Waals surface area contributed by atoms with E-state index in [0.29, 0.717) is 22.4 Å². The van der Waals surface area contributed by atoms with Gasteiger partial charge in [0.1, 0.15) is 11.0 Å². The van der Waals surface area contributed by atoms with E-state index >= 15 is 0 Å². The van der Waals surface area contributed by atoms with E-state index in [1.54, 1.807) is 36.3 Å². The molecule has 1 aliphatic rings. The number of nitrogens with one attached hydrogen (secondary N) is 1. The van der Waals surface area contributed by atoms with Gasteiger partial charge in [-0.3, -0.25) is 14.5 Å². The number of amidine groups is 1. The Kier molecular flexibility index (Phi) is 6.59. The highest BCUT2D eigenvalue weighted by Gasteiger charge is 2.38. The minimum absolute atomic E-state index is 0.0737. The summed E-state index contributed by atoms with van der Waals surface area (Å²) in [6.45, 7) is 2.38. The van der Waals surface area contributed by atoms with E-state index in [1.165, 1.54) is 11.8 Å². The summed E-state index contributed by atoms with van der Waals surface area (Å²) in [5, 5.41) is 3.49. The molecule has 3 rings (SSSR count). The van der Waals surface area contributed by atoms with Gasteiger partial charge in [0.25, 0.3) is 0 Å². The molecule has 0 radical (unpaired) electrons. The number of amides is 2. The third-order valence-corrected chi connectivity index (χ3v) is 5.56. The number of aliphatic imine (C=N–C) groups is 1. The van der Waals surface area contributed by atoms with Crippen LogP contribution in [-0.4, -0.2) is 40.8 Å². The minimum Gasteiger partial charge on any atom is -0.497 e. The fourth-order valence-corrected chi connectivity index (χ4v) is 4.04. The van der Waals surface area contributed by atoms with Gasteiger partial charge in [-0.15, -0.1) is 0 Å². The van der Waals surface area contributed by atoms with Gasteiger partial charge in [0.05, 0.1) is 12.8 Å². The van der Waals surface area contributed by atoms with Crippen LogP contribution in [0.15, 0.2) is 53.5 Å². The van der Waals surface area contributed by atoms with Gasteiger partial charge in [-0.2, -0.15) is 0 Å². The molecule has 2 amide bonds. The predicted molar refractivity (Wildman–Crippen MR) is 114 cm³/mol. The number of ether oxygens (including phenoxy) is 1. The normalized spacial score (nSPS) is 17.8. The fraction of sp³-hybridized carbons (Fsp3) is 0.250. The topological polar surface area (TPSA) is 71.0 Å². The lowest BCUT2D eigenvalue weighted by molar-refractivity contribution is -0.128. The largest absolute Gasteiger partial charge is 0.497 e. The van der Waals surface area contributed by atoms with Crippen LogP contribution in [0.4, 0.5) is 11.4 Å². The van der Waals surface area contributed by atoms with E-state index in [1.807, 2.05) is 31.2 Å². The quantitative estimate of drug-likeness (QED) is 0.759. The molecule has 1 atom stereocenters. The molecule has 2 aromatic rings. The number of hydrogen-bond acceptors (Lipinski definition) is 5. The molecule has 1 unspecified atom stereocenters. The SMILES string of the molecule is CCN1C(=O)C(CC(=O)Nc2ccc(Cl)cc2)SC1=Nc1ccc(OC)cc1. The van der Waals surface area contributed by atoms with Crippen molar-refractivity contribution < 1.29 is 14.3 Å². The van der Waals surface area contributed by atoms with Crippen molar-refractivity contribution in [1.82, 2.24) is 4.90 Å². The maximum Gasteiger partial charge on any atom is 0.242 e. The number of carbonyl (C=O) groups is 2. The second-order valence-corrected chi connectivity index (χ2v) is 7.65. The Bertz CT molecular complexity index is 885. The number of carbonyl (C=O) groups excluding carboxylic acids is 2. The van der Waals surface area contributed by atoms with Gasteiger partial charge in [0.2, 0.25) is 11.8 Å². The lowest BCUT2D eigenvalue weighted by atomic mass is 10.2. The number of anilines is 1. The monoisotopic (exact) mass is 417 g/mol. The van der Waals surface area contributed by atoms with Crippen molar-refractivity contribution in [3.63, 3.8) is 0 Å². The second kappa shape index (κ2) is 9.12. The minimum atomic E-state index is -0.496. The molecule has 8 heteroatoms. The number of rotatable bonds is 6. The van der Waals surface area contributed by atoms with Crippen molar-refractivity contribution in [2.24, 2.45) is 4.99 Å². The highest BCUT2D eigenvalue weighted by molar-refractivity contribution is 8.15.